The van der Waals surface area contributed by atoms with Crippen molar-refractivity contribution in [2.45, 2.75) is 66.7 Å². The predicted molar refractivity (Wildman–Crippen MR) is 166 cm³/mol. The molecule has 10 nitrogen and oxygen atoms in total. The van der Waals surface area contributed by atoms with Crippen molar-refractivity contribution in [1.82, 2.24) is 16.0 Å². The van der Waals surface area contributed by atoms with Gasteiger partial charge < -0.3 is 21.1 Å². The van der Waals surface area contributed by atoms with Crippen LogP contribution in [0.25, 0.3) is 0 Å². The van der Waals surface area contributed by atoms with E-state index in [1.165, 1.54) is 19.1 Å². The molecule has 0 saturated carbocycles. The van der Waals surface area contributed by atoms with Crippen LogP contribution in [0.5, 0.6) is 0 Å². The van der Waals surface area contributed by atoms with Gasteiger partial charge in [0.2, 0.25) is 11.8 Å². The third kappa shape index (κ3) is 8.84. The number of amides is 3. The van der Waals surface area contributed by atoms with Crippen molar-refractivity contribution in [2.24, 2.45) is 16.7 Å². The summed E-state index contributed by atoms with van der Waals surface area (Å²) in [4.78, 5) is 73.9. The first-order chi connectivity index (χ1) is 20.7. The minimum Gasteiger partial charge on any atom is -0.481 e. The molecule has 0 fully saturated rings. The third-order valence-corrected chi connectivity index (χ3v) is 8.39. The predicted octanol–water partition coefficient (Wildman–Crippen LogP) is 4.15. The van der Waals surface area contributed by atoms with Crippen LogP contribution in [0, 0.1) is 16.7 Å². The molecule has 0 spiro atoms. The number of hydrogen-bond donors (Lipinski definition) is 4. The number of carbonyl (C=O) groups excluding carboxylic acids is 5. The number of carboxylic acid groups (broad SMARTS) is 1. The minimum absolute atomic E-state index is 0.0108. The molecule has 0 saturated heterocycles. The fourth-order valence-electron chi connectivity index (χ4n) is 6.03. The Labute approximate surface area is 258 Å². The van der Waals surface area contributed by atoms with E-state index in [2.05, 4.69) is 29.8 Å². The number of carboxylic acids is 1. The Kier molecular flexibility index (Phi) is 11.2. The van der Waals surface area contributed by atoms with Crippen molar-refractivity contribution in [1.29, 1.82) is 0 Å². The van der Waals surface area contributed by atoms with Gasteiger partial charge in [-0.15, -0.1) is 0 Å². The quantitative estimate of drug-likeness (QED) is 0.203. The second kappa shape index (κ2) is 14.4. The van der Waals surface area contributed by atoms with Crippen LogP contribution in [0.1, 0.15) is 109 Å². The fraction of sp³-hybridized carbons (Fsp3) is 0.471. The lowest BCUT2D eigenvalue weighted by atomic mass is 9.68. The highest BCUT2D eigenvalue weighted by Crippen LogP contribution is 2.40. The van der Waals surface area contributed by atoms with Crippen molar-refractivity contribution in [2.75, 3.05) is 19.6 Å². The van der Waals surface area contributed by atoms with Crippen LogP contribution in [-0.4, -0.2) is 60.0 Å². The zero-order valence-electron chi connectivity index (χ0n) is 26.2. The second-order valence-corrected chi connectivity index (χ2v) is 12.7. The molecule has 0 radical (unpaired) electrons. The van der Waals surface area contributed by atoms with E-state index >= 15 is 0 Å². The van der Waals surface area contributed by atoms with Gasteiger partial charge in [-0.3, -0.25) is 28.8 Å². The molecule has 3 rings (SSSR count). The molecule has 1 unspecified atom stereocenters. The Hall–Kier alpha value is -4.34. The summed E-state index contributed by atoms with van der Waals surface area (Å²) in [6.45, 7) is 10.8. The van der Waals surface area contributed by atoms with E-state index in [9.17, 15) is 28.8 Å². The van der Waals surface area contributed by atoms with E-state index in [0.29, 0.717) is 43.6 Å². The lowest BCUT2D eigenvalue weighted by Crippen LogP contribution is -2.44. The number of nitrogens with one attached hydrogen (secondary N) is 3. The number of aliphatic carboxylic acids is 1. The summed E-state index contributed by atoms with van der Waals surface area (Å²) in [5.41, 5.74) is 0.774. The molecule has 0 heterocycles. The van der Waals surface area contributed by atoms with Crippen LogP contribution in [0.4, 0.5) is 0 Å². The SMILES string of the molecule is CC[C@](C)(CNC(=O)CCC(=O)O)C[C@](C)(CNC(C)=O)CC(C)CNC(=O)c1ccc2c(c1)C(=O)c1ccccc1C2=O. The molecular formula is C34H43N3O7. The average molecular weight is 606 g/mol. The van der Waals surface area contributed by atoms with E-state index in [4.69, 9.17) is 5.11 Å². The molecule has 0 bridgehead atoms. The number of carbonyl (C=O) groups is 6. The maximum atomic E-state index is 13.1. The van der Waals surface area contributed by atoms with E-state index in [-0.39, 0.29) is 75.6 Å². The molecule has 3 amide bonds. The van der Waals surface area contributed by atoms with Gasteiger partial charge in [0.25, 0.3) is 5.91 Å². The van der Waals surface area contributed by atoms with E-state index in [1.807, 2.05) is 13.8 Å². The molecule has 0 aliphatic heterocycles. The molecule has 2 aromatic rings. The van der Waals surface area contributed by atoms with Gasteiger partial charge >= 0.3 is 5.97 Å². The van der Waals surface area contributed by atoms with Gasteiger partial charge in [-0.05, 0) is 54.2 Å². The molecule has 236 valence electrons. The molecule has 2 aromatic carbocycles. The van der Waals surface area contributed by atoms with Gasteiger partial charge in [-0.2, -0.15) is 0 Å². The number of hydrogen-bond acceptors (Lipinski definition) is 6. The van der Waals surface area contributed by atoms with Crippen LogP contribution < -0.4 is 16.0 Å². The smallest absolute Gasteiger partial charge is 0.303 e. The van der Waals surface area contributed by atoms with E-state index < -0.39 is 5.97 Å². The molecule has 4 N–H and O–H groups in total. The molecule has 1 aliphatic rings. The number of benzene rings is 2. The summed E-state index contributed by atoms with van der Waals surface area (Å²) in [5, 5.41) is 17.6. The van der Waals surface area contributed by atoms with Crippen molar-refractivity contribution >= 4 is 35.3 Å². The Morgan fingerprint density at radius 1 is 0.818 bits per heavy atom. The van der Waals surface area contributed by atoms with E-state index in [0.717, 1.165) is 6.42 Å². The van der Waals surface area contributed by atoms with Crippen molar-refractivity contribution in [3.8, 4) is 0 Å². The third-order valence-electron chi connectivity index (χ3n) is 8.39. The largest absolute Gasteiger partial charge is 0.481 e. The summed E-state index contributed by atoms with van der Waals surface area (Å²) in [6, 6.07) is 11.2. The Morgan fingerprint density at radius 2 is 1.41 bits per heavy atom. The van der Waals surface area contributed by atoms with Crippen molar-refractivity contribution < 1.29 is 33.9 Å². The standard InChI is InChI=1S/C34H43N3O7/c1-6-33(4,19-37-28(39)13-14-29(40)41)18-34(5,20-36-22(3)38)16-21(2)17-35-32(44)23-11-12-26-27(15-23)31(43)25-10-8-7-9-24(25)30(26)42/h7-12,15,21H,6,13-14,16-20H2,1-5H3,(H,35,44)(H,36,38)(H,37,39)(H,40,41)/t21?,33-,34+/m0/s1. The first-order valence-electron chi connectivity index (χ1n) is 15.0. The fourth-order valence-corrected chi connectivity index (χ4v) is 6.03. The van der Waals surface area contributed by atoms with Crippen LogP contribution in [0.2, 0.25) is 0 Å². The van der Waals surface area contributed by atoms with Gasteiger partial charge in [0, 0.05) is 60.8 Å². The Balaban J connectivity index is 1.66. The molecular weight excluding hydrogens is 562 g/mol. The lowest BCUT2D eigenvalue weighted by Gasteiger charge is -2.41. The van der Waals surface area contributed by atoms with Crippen LogP contribution in [-0.2, 0) is 14.4 Å². The topological polar surface area (TPSA) is 159 Å². The summed E-state index contributed by atoms with van der Waals surface area (Å²) < 4.78 is 0. The second-order valence-electron chi connectivity index (χ2n) is 12.7. The van der Waals surface area contributed by atoms with Crippen molar-refractivity contribution in [3.63, 3.8) is 0 Å². The van der Waals surface area contributed by atoms with Crippen LogP contribution >= 0.6 is 0 Å². The van der Waals surface area contributed by atoms with Gasteiger partial charge in [0.1, 0.15) is 0 Å². The highest BCUT2D eigenvalue weighted by atomic mass is 16.4. The molecule has 44 heavy (non-hydrogen) atoms. The summed E-state index contributed by atoms with van der Waals surface area (Å²) in [6.07, 6.45) is 1.75. The molecule has 3 atom stereocenters. The molecule has 10 heteroatoms. The normalized spacial score (nSPS) is 15.6. The zero-order chi connectivity index (χ0) is 32.7. The maximum absolute atomic E-state index is 13.1. The zero-order valence-corrected chi connectivity index (χ0v) is 26.2. The van der Waals surface area contributed by atoms with Gasteiger partial charge in [-0.25, -0.2) is 0 Å². The number of rotatable bonds is 15. The number of ketones is 2. The first-order valence-corrected chi connectivity index (χ1v) is 15.0. The van der Waals surface area contributed by atoms with Gasteiger partial charge in [0.15, 0.2) is 11.6 Å². The molecule has 1 aliphatic carbocycles. The first kappa shape index (κ1) is 34.2. The highest BCUT2D eigenvalue weighted by molar-refractivity contribution is 6.28. The Bertz CT molecular complexity index is 1450. The van der Waals surface area contributed by atoms with Crippen molar-refractivity contribution in [3.05, 3.63) is 70.3 Å². The summed E-state index contributed by atoms with van der Waals surface area (Å²) in [7, 11) is 0. The lowest BCUT2D eigenvalue weighted by molar-refractivity contribution is -0.138. The van der Waals surface area contributed by atoms with E-state index in [1.54, 1.807) is 30.3 Å². The number of fused-ring (bicyclic) bond motifs is 2. The summed E-state index contributed by atoms with van der Waals surface area (Å²) in [5.74, 6) is -2.37. The van der Waals surface area contributed by atoms with Crippen LogP contribution in [0.3, 0.4) is 0 Å². The monoisotopic (exact) mass is 605 g/mol. The summed E-state index contributed by atoms with van der Waals surface area (Å²) >= 11 is 0. The minimum atomic E-state index is -1.02. The molecule has 0 aromatic heterocycles. The highest BCUT2D eigenvalue weighted by Gasteiger charge is 2.36. The van der Waals surface area contributed by atoms with Gasteiger partial charge in [0.05, 0.1) is 6.42 Å². The Morgan fingerprint density at radius 3 is 2.00 bits per heavy atom. The average Bonchev–Trinajstić information content (AvgIpc) is 2.99. The maximum Gasteiger partial charge on any atom is 0.303 e. The van der Waals surface area contributed by atoms with Crippen LogP contribution in [0.15, 0.2) is 42.5 Å². The van der Waals surface area contributed by atoms with Gasteiger partial charge in [-0.1, -0.05) is 52.0 Å².